The van der Waals surface area contributed by atoms with Gasteiger partial charge in [0, 0.05) is 42.0 Å². The van der Waals surface area contributed by atoms with E-state index in [2.05, 4.69) is 30.1 Å². The summed E-state index contributed by atoms with van der Waals surface area (Å²) >= 11 is 6.00. The molecule has 4 nitrogen and oxygen atoms in total. The lowest BCUT2D eigenvalue weighted by Gasteiger charge is -2.22. The predicted octanol–water partition coefficient (Wildman–Crippen LogP) is 3.72. The molecule has 122 valence electrons. The average Bonchev–Trinajstić information content (AvgIpc) is 2.84. The SMILES string of the molecule is CC(C)c1cc(N2CCCNCC2)nc(-c2ccc(Cl)cc2)n1. The second-order valence-corrected chi connectivity index (χ2v) is 6.66. The summed E-state index contributed by atoms with van der Waals surface area (Å²) in [5, 5.41) is 4.17. The highest BCUT2D eigenvalue weighted by molar-refractivity contribution is 6.30. The van der Waals surface area contributed by atoms with Crippen molar-refractivity contribution in [3.63, 3.8) is 0 Å². The van der Waals surface area contributed by atoms with Crippen LogP contribution in [-0.2, 0) is 0 Å². The van der Waals surface area contributed by atoms with E-state index in [1.807, 2.05) is 24.3 Å². The minimum Gasteiger partial charge on any atom is -0.355 e. The van der Waals surface area contributed by atoms with E-state index in [0.29, 0.717) is 5.92 Å². The maximum Gasteiger partial charge on any atom is 0.161 e. The highest BCUT2D eigenvalue weighted by Gasteiger charge is 2.15. The number of halogens is 1. The van der Waals surface area contributed by atoms with Gasteiger partial charge in [0.2, 0.25) is 0 Å². The molecule has 3 rings (SSSR count). The first-order valence-corrected chi connectivity index (χ1v) is 8.62. The van der Waals surface area contributed by atoms with Crippen LogP contribution in [0.4, 0.5) is 5.82 Å². The van der Waals surface area contributed by atoms with Crippen LogP contribution in [0.2, 0.25) is 5.02 Å². The van der Waals surface area contributed by atoms with Crippen molar-refractivity contribution in [1.82, 2.24) is 15.3 Å². The summed E-state index contributed by atoms with van der Waals surface area (Å²) in [7, 11) is 0. The largest absolute Gasteiger partial charge is 0.355 e. The van der Waals surface area contributed by atoms with E-state index < -0.39 is 0 Å². The first-order chi connectivity index (χ1) is 11.1. The second-order valence-electron chi connectivity index (χ2n) is 6.23. The van der Waals surface area contributed by atoms with Crippen molar-refractivity contribution >= 4 is 17.4 Å². The Morgan fingerprint density at radius 2 is 1.87 bits per heavy atom. The third-order valence-corrected chi connectivity index (χ3v) is 4.34. The molecule has 23 heavy (non-hydrogen) atoms. The predicted molar refractivity (Wildman–Crippen MR) is 96.3 cm³/mol. The number of rotatable bonds is 3. The fourth-order valence-corrected chi connectivity index (χ4v) is 2.84. The molecule has 1 aromatic heterocycles. The number of hydrogen-bond donors (Lipinski definition) is 1. The van der Waals surface area contributed by atoms with Gasteiger partial charge in [-0.05, 0) is 43.1 Å². The number of nitrogens with zero attached hydrogens (tertiary/aromatic N) is 3. The maximum absolute atomic E-state index is 6.00. The lowest BCUT2D eigenvalue weighted by Crippen LogP contribution is -2.29. The summed E-state index contributed by atoms with van der Waals surface area (Å²) in [5.74, 6) is 2.17. The van der Waals surface area contributed by atoms with Crippen LogP contribution < -0.4 is 10.2 Å². The second kappa shape index (κ2) is 7.28. The molecule has 1 N–H and O–H groups in total. The smallest absolute Gasteiger partial charge is 0.161 e. The zero-order valence-corrected chi connectivity index (χ0v) is 14.5. The molecule has 2 heterocycles. The van der Waals surface area contributed by atoms with Gasteiger partial charge in [-0.1, -0.05) is 25.4 Å². The summed E-state index contributed by atoms with van der Waals surface area (Å²) in [5.41, 5.74) is 2.09. The highest BCUT2D eigenvalue weighted by Crippen LogP contribution is 2.25. The molecule has 0 saturated carbocycles. The summed E-state index contributed by atoms with van der Waals surface area (Å²) in [4.78, 5) is 11.9. The highest BCUT2D eigenvalue weighted by atomic mass is 35.5. The first-order valence-electron chi connectivity index (χ1n) is 8.24. The van der Waals surface area contributed by atoms with Gasteiger partial charge in [-0.2, -0.15) is 0 Å². The Bertz CT molecular complexity index is 647. The summed E-state index contributed by atoms with van der Waals surface area (Å²) in [6.45, 7) is 8.42. The molecule has 1 aliphatic rings. The molecule has 5 heteroatoms. The average molecular weight is 331 g/mol. The number of aromatic nitrogens is 2. The molecule has 1 fully saturated rings. The van der Waals surface area contributed by atoms with Crippen molar-refractivity contribution in [3.05, 3.63) is 41.0 Å². The van der Waals surface area contributed by atoms with Gasteiger partial charge in [-0.25, -0.2) is 9.97 Å². The quantitative estimate of drug-likeness (QED) is 0.931. The zero-order valence-electron chi connectivity index (χ0n) is 13.7. The van der Waals surface area contributed by atoms with Crippen LogP contribution in [0.15, 0.2) is 30.3 Å². The van der Waals surface area contributed by atoms with Gasteiger partial charge in [0.15, 0.2) is 5.82 Å². The molecule has 1 aliphatic heterocycles. The maximum atomic E-state index is 6.00. The van der Waals surface area contributed by atoms with Crippen LogP contribution in [0.5, 0.6) is 0 Å². The summed E-state index contributed by atoms with van der Waals surface area (Å²) in [6, 6.07) is 9.87. The van der Waals surface area contributed by atoms with Crippen molar-refractivity contribution in [3.8, 4) is 11.4 Å². The van der Waals surface area contributed by atoms with Crippen molar-refractivity contribution < 1.29 is 0 Å². The van der Waals surface area contributed by atoms with Crippen LogP contribution in [0, 0.1) is 0 Å². The molecule has 0 unspecified atom stereocenters. The Labute approximate surface area is 142 Å². The minimum absolute atomic E-state index is 0.368. The minimum atomic E-state index is 0.368. The fraction of sp³-hybridized carbons (Fsp3) is 0.444. The van der Waals surface area contributed by atoms with E-state index in [4.69, 9.17) is 21.6 Å². The van der Waals surface area contributed by atoms with Gasteiger partial charge >= 0.3 is 0 Å². The van der Waals surface area contributed by atoms with Gasteiger partial charge in [-0.15, -0.1) is 0 Å². The van der Waals surface area contributed by atoms with Crippen LogP contribution >= 0.6 is 11.6 Å². The molecule has 1 saturated heterocycles. The molecule has 0 radical (unpaired) electrons. The van der Waals surface area contributed by atoms with Gasteiger partial charge in [0.05, 0.1) is 0 Å². The lowest BCUT2D eigenvalue weighted by atomic mass is 10.1. The molecular weight excluding hydrogens is 308 g/mol. The van der Waals surface area contributed by atoms with Crippen molar-refractivity contribution in [2.45, 2.75) is 26.2 Å². The Balaban J connectivity index is 2.00. The number of anilines is 1. The molecule has 0 bridgehead atoms. The van der Waals surface area contributed by atoms with Crippen LogP contribution in [0.3, 0.4) is 0 Å². The summed E-state index contributed by atoms with van der Waals surface area (Å²) < 4.78 is 0. The van der Waals surface area contributed by atoms with Gasteiger partial charge in [-0.3, -0.25) is 0 Å². The molecule has 0 spiro atoms. The van der Waals surface area contributed by atoms with Crippen molar-refractivity contribution in [2.75, 3.05) is 31.1 Å². The third-order valence-electron chi connectivity index (χ3n) is 4.09. The number of hydrogen-bond acceptors (Lipinski definition) is 4. The number of benzene rings is 1. The third kappa shape index (κ3) is 4.01. The van der Waals surface area contributed by atoms with E-state index in [0.717, 1.165) is 60.5 Å². The first kappa shape index (κ1) is 16.2. The Kier molecular flexibility index (Phi) is 5.13. The monoisotopic (exact) mass is 330 g/mol. The van der Waals surface area contributed by atoms with Gasteiger partial charge < -0.3 is 10.2 Å². The zero-order chi connectivity index (χ0) is 16.2. The van der Waals surface area contributed by atoms with E-state index in [-0.39, 0.29) is 0 Å². The normalized spacial score (nSPS) is 15.7. The van der Waals surface area contributed by atoms with Gasteiger partial charge in [0.25, 0.3) is 0 Å². The van der Waals surface area contributed by atoms with E-state index in [1.165, 1.54) is 0 Å². The molecule has 1 aromatic carbocycles. The van der Waals surface area contributed by atoms with Crippen LogP contribution in [0.25, 0.3) is 11.4 Å². The van der Waals surface area contributed by atoms with E-state index in [9.17, 15) is 0 Å². The molecule has 0 aliphatic carbocycles. The topological polar surface area (TPSA) is 41.0 Å². The molecular formula is C18H23ClN4. The Morgan fingerprint density at radius 1 is 1.09 bits per heavy atom. The van der Waals surface area contributed by atoms with E-state index >= 15 is 0 Å². The Hall–Kier alpha value is -1.65. The summed E-state index contributed by atoms with van der Waals surface area (Å²) in [6.07, 6.45) is 1.14. The number of nitrogens with one attached hydrogen (secondary N) is 1. The van der Waals surface area contributed by atoms with Crippen molar-refractivity contribution in [2.24, 2.45) is 0 Å². The molecule has 2 aromatic rings. The van der Waals surface area contributed by atoms with E-state index in [1.54, 1.807) is 0 Å². The standard InChI is InChI=1S/C18H23ClN4/c1-13(2)16-12-17(23-10-3-8-20-9-11-23)22-18(21-16)14-4-6-15(19)7-5-14/h4-7,12-13,20H,3,8-11H2,1-2H3. The lowest BCUT2D eigenvalue weighted by molar-refractivity contribution is 0.724. The fourth-order valence-electron chi connectivity index (χ4n) is 2.71. The molecule has 0 amide bonds. The van der Waals surface area contributed by atoms with Gasteiger partial charge in [0.1, 0.15) is 5.82 Å². The molecule has 0 atom stereocenters. The van der Waals surface area contributed by atoms with Crippen molar-refractivity contribution in [1.29, 1.82) is 0 Å². The van der Waals surface area contributed by atoms with Crippen LogP contribution in [-0.4, -0.2) is 36.1 Å². The Morgan fingerprint density at radius 3 is 2.61 bits per heavy atom. The van der Waals surface area contributed by atoms with Crippen LogP contribution in [0.1, 0.15) is 31.9 Å².